The topological polar surface area (TPSA) is 28.2 Å². The van der Waals surface area contributed by atoms with Crippen LogP contribution < -0.4 is 5.32 Å². The van der Waals surface area contributed by atoms with Gasteiger partial charge in [0.2, 0.25) is 0 Å². The number of pyridine rings is 1. The highest BCUT2D eigenvalue weighted by molar-refractivity contribution is 5.29. The number of aromatic nitrogens is 1. The van der Waals surface area contributed by atoms with E-state index in [1.165, 1.54) is 12.1 Å². The Bertz CT molecular complexity index is 611. The summed E-state index contributed by atoms with van der Waals surface area (Å²) >= 11 is 0. The summed E-state index contributed by atoms with van der Waals surface area (Å²) in [6.45, 7) is 3.46. The largest absolute Gasteiger partial charge is 0.315 e. The highest BCUT2D eigenvalue weighted by Crippen LogP contribution is 2.30. The molecule has 3 nitrogen and oxygen atoms in total. The molecule has 1 aromatic carbocycles. The van der Waals surface area contributed by atoms with Gasteiger partial charge in [0.15, 0.2) is 0 Å². The molecule has 1 saturated heterocycles. The van der Waals surface area contributed by atoms with Crippen LogP contribution in [0.25, 0.3) is 0 Å². The van der Waals surface area contributed by atoms with E-state index in [4.69, 9.17) is 0 Å². The lowest BCUT2D eigenvalue weighted by Crippen LogP contribution is -2.34. The maximum atomic E-state index is 14.3. The van der Waals surface area contributed by atoms with Crippen molar-refractivity contribution in [3.05, 3.63) is 65.5 Å². The van der Waals surface area contributed by atoms with Crippen LogP contribution in [0.4, 0.5) is 8.78 Å². The number of nitrogens with zero attached hydrogens (tertiary/aromatic N) is 2. The number of benzene rings is 1. The van der Waals surface area contributed by atoms with Crippen molar-refractivity contribution in [2.75, 3.05) is 26.2 Å². The fourth-order valence-electron chi connectivity index (χ4n) is 2.93. The lowest BCUT2D eigenvalue weighted by molar-refractivity contribution is 0.233. The SMILES string of the molecule is Fc1ccc(C(c2ccccn2)N2CCCNCC2)c(F)c1. The summed E-state index contributed by atoms with van der Waals surface area (Å²) < 4.78 is 27.6. The van der Waals surface area contributed by atoms with Crippen molar-refractivity contribution in [3.63, 3.8) is 0 Å². The molecular formula is C17H19F2N3. The molecule has 0 aliphatic carbocycles. The zero-order valence-electron chi connectivity index (χ0n) is 12.3. The van der Waals surface area contributed by atoms with Crippen LogP contribution in [0.1, 0.15) is 23.7 Å². The second-order valence-corrected chi connectivity index (χ2v) is 5.46. The van der Waals surface area contributed by atoms with E-state index in [1.54, 1.807) is 6.20 Å². The van der Waals surface area contributed by atoms with E-state index >= 15 is 0 Å². The van der Waals surface area contributed by atoms with E-state index in [2.05, 4.69) is 15.2 Å². The van der Waals surface area contributed by atoms with Gasteiger partial charge >= 0.3 is 0 Å². The summed E-state index contributed by atoms with van der Waals surface area (Å²) in [7, 11) is 0. The number of rotatable bonds is 3. The van der Waals surface area contributed by atoms with E-state index in [0.717, 1.165) is 44.4 Å². The molecule has 116 valence electrons. The third kappa shape index (κ3) is 3.31. The van der Waals surface area contributed by atoms with Crippen LogP contribution in [0.3, 0.4) is 0 Å². The van der Waals surface area contributed by atoms with E-state index in [1.807, 2.05) is 18.2 Å². The van der Waals surface area contributed by atoms with Gasteiger partial charge in [0.05, 0.1) is 11.7 Å². The van der Waals surface area contributed by atoms with Crippen molar-refractivity contribution >= 4 is 0 Å². The Morgan fingerprint density at radius 3 is 2.77 bits per heavy atom. The Labute approximate surface area is 129 Å². The summed E-state index contributed by atoms with van der Waals surface area (Å²) in [6, 6.07) is 9.12. The molecule has 5 heteroatoms. The second-order valence-electron chi connectivity index (χ2n) is 5.46. The molecule has 1 atom stereocenters. The molecule has 1 aromatic heterocycles. The zero-order valence-corrected chi connectivity index (χ0v) is 12.3. The third-order valence-corrected chi connectivity index (χ3v) is 3.96. The lowest BCUT2D eigenvalue weighted by Gasteiger charge is -2.30. The van der Waals surface area contributed by atoms with E-state index in [-0.39, 0.29) is 6.04 Å². The molecule has 1 aliphatic heterocycles. The minimum atomic E-state index is -0.557. The molecule has 2 aromatic rings. The first-order valence-corrected chi connectivity index (χ1v) is 7.56. The van der Waals surface area contributed by atoms with Crippen LogP contribution in [0.15, 0.2) is 42.6 Å². The fourth-order valence-corrected chi connectivity index (χ4v) is 2.93. The van der Waals surface area contributed by atoms with E-state index in [9.17, 15) is 8.78 Å². The van der Waals surface area contributed by atoms with E-state index in [0.29, 0.717) is 5.56 Å². The average molecular weight is 303 g/mol. The molecule has 3 rings (SSSR count). The summed E-state index contributed by atoms with van der Waals surface area (Å²) in [6.07, 6.45) is 2.70. The number of halogens is 2. The lowest BCUT2D eigenvalue weighted by atomic mass is 10.00. The molecule has 0 radical (unpaired) electrons. The van der Waals surface area contributed by atoms with Gasteiger partial charge < -0.3 is 5.32 Å². The van der Waals surface area contributed by atoms with Crippen LogP contribution in [-0.2, 0) is 0 Å². The van der Waals surface area contributed by atoms with Gasteiger partial charge in [0.1, 0.15) is 11.6 Å². The predicted octanol–water partition coefficient (Wildman–Crippen LogP) is 2.74. The predicted molar refractivity (Wildman–Crippen MR) is 81.5 cm³/mol. The van der Waals surface area contributed by atoms with Crippen molar-refractivity contribution in [1.29, 1.82) is 0 Å². The highest BCUT2D eigenvalue weighted by Gasteiger charge is 2.26. The first kappa shape index (κ1) is 15.1. The molecule has 22 heavy (non-hydrogen) atoms. The van der Waals surface area contributed by atoms with Gasteiger partial charge in [0.25, 0.3) is 0 Å². The van der Waals surface area contributed by atoms with Crippen LogP contribution in [0.5, 0.6) is 0 Å². The number of hydrogen-bond donors (Lipinski definition) is 1. The quantitative estimate of drug-likeness (QED) is 0.945. The van der Waals surface area contributed by atoms with Crippen molar-refractivity contribution in [2.24, 2.45) is 0 Å². The Morgan fingerprint density at radius 2 is 2.00 bits per heavy atom. The Hall–Kier alpha value is -1.85. The van der Waals surface area contributed by atoms with Crippen LogP contribution in [0.2, 0.25) is 0 Å². The minimum Gasteiger partial charge on any atom is -0.315 e. The standard InChI is InChI=1S/C17H19F2N3/c18-13-5-6-14(15(19)12-13)17(16-4-1-2-8-21-16)22-10-3-7-20-9-11-22/h1-2,4-6,8,12,17,20H,3,7,9-11H2. The van der Waals surface area contributed by atoms with Gasteiger partial charge in [-0.2, -0.15) is 0 Å². The van der Waals surface area contributed by atoms with Gasteiger partial charge in [-0.15, -0.1) is 0 Å². The summed E-state index contributed by atoms with van der Waals surface area (Å²) in [5.74, 6) is -1.08. The van der Waals surface area contributed by atoms with Gasteiger partial charge in [-0.05, 0) is 31.2 Å². The zero-order chi connectivity index (χ0) is 15.4. The molecule has 1 fully saturated rings. The maximum absolute atomic E-state index is 14.3. The summed E-state index contributed by atoms with van der Waals surface area (Å²) in [4.78, 5) is 6.61. The van der Waals surface area contributed by atoms with Crippen LogP contribution in [0, 0.1) is 11.6 Å². The third-order valence-electron chi connectivity index (χ3n) is 3.96. The normalized spacial score (nSPS) is 17.9. The molecular weight excluding hydrogens is 284 g/mol. The Balaban J connectivity index is 2.02. The highest BCUT2D eigenvalue weighted by atomic mass is 19.1. The molecule has 1 aliphatic rings. The average Bonchev–Trinajstić information content (AvgIpc) is 2.80. The van der Waals surface area contributed by atoms with E-state index < -0.39 is 11.6 Å². The smallest absolute Gasteiger partial charge is 0.131 e. The van der Waals surface area contributed by atoms with Gasteiger partial charge in [-0.3, -0.25) is 9.88 Å². The molecule has 0 saturated carbocycles. The second kappa shape index (κ2) is 6.94. The fraction of sp³-hybridized carbons (Fsp3) is 0.353. The number of nitrogens with one attached hydrogen (secondary N) is 1. The minimum absolute atomic E-state index is 0.290. The molecule has 0 bridgehead atoms. The summed E-state index contributed by atoms with van der Waals surface area (Å²) in [5.41, 5.74) is 1.26. The van der Waals surface area contributed by atoms with Crippen molar-refractivity contribution in [1.82, 2.24) is 15.2 Å². The van der Waals surface area contributed by atoms with Crippen LogP contribution >= 0.6 is 0 Å². The Kier molecular flexibility index (Phi) is 4.75. The molecule has 0 amide bonds. The molecule has 1 N–H and O–H groups in total. The van der Waals surface area contributed by atoms with Crippen molar-refractivity contribution in [3.8, 4) is 0 Å². The molecule has 2 heterocycles. The summed E-state index contributed by atoms with van der Waals surface area (Å²) in [5, 5.41) is 3.34. The van der Waals surface area contributed by atoms with Crippen molar-refractivity contribution in [2.45, 2.75) is 12.5 Å². The maximum Gasteiger partial charge on any atom is 0.131 e. The van der Waals surface area contributed by atoms with Crippen molar-refractivity contribution < 1.29 is 8.78 Å². The molecule has 1 unspecified atom stereocenters. The Morgan fingerprint density at radius 1 is 1.09 bits per heavy atom. The first-order valence-electron chi connectivity index (χ1n) is 7.56. The molecule has 0 spiro atoms. The number of hydrogen-bond acceptors (Lipinski definition) is 3. The van der Waals surface area contributed by atoms with Crippen LogP contribution in [-0.4, -0.2) is 36.1 Å². The van der Waals surface area contributed by atoms with Gasteiger partial charge in [0, 0.05) is 37.5 Å². The van der Waals surface area contributed by atoms with Gasteiger partial charge in [-0.25, -0.2) is 8.78 Å². The van der Waals surface area contributed by atoms with Gasteiger partial charge in [-0.1, -0.05) is 12.1 Å². The monoisotopic (exact) mass is 303 g/mol. The first-order chi connectivity index (χ1) is 10.8.